The lowest BCUT2D eigenvalue weighted by molar-refractivity contribution is 0.282. The van der Waals surface area contributed by atoms with Crippen molar-refractivity contribution in [1.29, 1.82) is 0 Å². The van der Waals surface area contributed by atoms with Gasteiger partial charge in [0.2, 0.25) is 0 Å². The number of halogens is 2. The first-order valence-corrected chi connectivity index (χ1v) is 13.5. The van der Waals surface area contributed by atoms with Gasteiger partial charge in [0.25, 0.3) is 0 Å². The largest absolute Gasteiger partial charge is 0.310 e. The average molecular weight is 491 g/mol. The van der Waals surface area contributed by atoms with Gasteiger partial charge in [0.05, 0.1) is 21.7 Å². The Morgan fingerprint density at radius 1 is 1.07 bits per heavy atom. The van der Waals surface area contributed by atoms with Gasteiger partial charge in [-0.15, -0.1) is 0 Å². The van der Waals surface area contributed by atoms with Crippen molar-refractivity contribution in [2.75, 3.05) is 32.1 Å². The monoisotopic (exact) mass is 490 g/mol. The first kappa shape index (κ1) is 23.5. The number of benzene rings is 2. The van der Waals surface area contributed by atoms with Gasteiger partial charge in [0.15, 0.2) is 19.7 Å². The Morgan fingerprint density at radius 2 is 1.70 bits per heavy atom. The Balaban J connectivity index is 1.86. The second kappa shape index (κ2) is 9.14. The fourth-order valence-corrected chi connectivity index (χ4v) is 8.79. The van der Waals surface area contributed by atoms with Crippen LogP contribution in [-0.4, -0.2) is 65.2 Å². The van der Waals surface area contributed by atoms with Crippen molar-refractivity contribution >= 4 is 42.9 Å². The van der Waals surface area contributed by atoms with E-state index in [9.17, 15) is 16.8 Å². The first-order chi connectivity index (χ1) is 14.0. The van der Waals surface area contributed by atoms with Gasteiger partial charge in [0.1, 0.15) is 0 Å². The van der Waals surface area contributed by atoms with Gasteiger partial charge < -0.3 is 10.2 Å². The van der Waals surface area contributed by atoms with Crippen LogP contribution >= 0.6 is 23.2 Å². The minimum absolute atomic E-state index is 0.0658. The van der Waals surface area contributed by atoms with Crippen molar-refractivity contribution in [2.24, 2.45) is 0 Å². The third-order valence-electron chi connectivity index (χ3n) is 5.30. The molecule has 3 rings (SSSR count). The Kier molecular flexibility index (Phi) is 7.16. The van der Waals surface area contributed by atoms with E-state index >= 15 is 0 Å². The fraction of sp³-hybridized carbons (Fsp3) is 0.400. The topological polar surface area (TPSA) is 83.6 Å². The summed E-state index contributed by atoms with van der Waals surface area (Å²) in [5, 5.41) is 3.14. The molecule has 10 heteroatoms. The van der Waals surface area contributed by atoms with Gasteiger partial charge >= 0.3 is 0 Å². The van der Waals surface area contributed by atoms with Crippen molar-refractivity contribution in [2.45, 2.75) is 22.2 Å². The number of nitrogens with zero attached hydrogens (tertiary/aromatic N) is 1. The summed E-state index contributed by atoms with van der Waals surface area (Å²) in [6.07, 6.45) is 0. The first-order valence-electron chi connectivity index (χ1n) is 9.35. The molecule has 0 aliphatic carbocycles. The van der Waals surface area contributed by atoms with Crippen LogP contribution in [0.1, 0.15) is 11.6 Å². The van der Waals surface area contributed by atoms with Crippen LogP contribution in [0.25, 0.3) is 0 Å². The van der Waals surface area contributed by atoms with Crippen LogP contribution in [0, 0.1) is 0 Å². The number of sulfone groups is 2. The quantitative estimate of drug-likeness (QED) is 0.642. The Hall–Kier alpha value is -1.16. The molecule has 0 radical (unpaired) electrons. The molecule has 1 saturated heterocycles. The fourth-order valence-electron chi connectivity index (χ4n) is 3.69. The highest BCUT2D eigenvalue weighted by Gasteiger charge is 2.45. The Morgan fingerprint density at radius 3 is 2.30 bits per heavy atom. The molecule has 1 heterocycles. The SMILES string of the molecule is CN(C)C(CN[C@H]1CS(=O)(=O)C[C@@H]1S(=O)(=O)c1ccc(Cl)cc1)c1ccccc1Cl. The molecule has 0 saturated carbocycles. The number of hydrogen-bond acceptors (Lipinski definition) is 6. The van der Waals surface area contributed by atoms with Gasteiger partial charge in [-0.25, -0.2) is 16.8 Å². The third-order valence-corrected chi connectivity index (χ3v) is 10.1. The van der Waals surface area contributed by atoms with Crippen molar-refractivity contribution in [3.63, 3.8) is 0 Å². The summed E-state index contributed by atoms with van der Waals surface area (Å²) < 4.78 is 51.0. The molecule has 1 fully saturated rings. The van der Waals surface area contributed by atoms with Crippen LogP contribution < -0.4 is 5.32 Å². The van der Waals surface area contributed by atoms with E-state index in [4.69, 9.17) is 23.2 Å². The van der Waals surface area contributed by atoms with Gasteiger partial charge in [0, 0.05) is 28.7 Å². The molecule has 1 aliphatic rings. The lowest BCUT2D eigenvalue weighted by atomic mass is 10.1. The maximum atomic E-state index is 13.2. The molecule has 1 N–H and O–H groups in total. The Labute approximate surface area is 188 Å². The zero-order valence-corrected chi connectivity index (χ0v) is 19.8. The zero-order chi connectivity index (χ0) is 22.1. The van der Waals surface area contributed by atoms with Crippen LogP contribution in [0.5, 0.6) is 0 Å². The second-order valence-electron chi connectivity index (χ2n) is 7.63. The highest BCUT2D eigenvalue weighted by molar-refractivity contribution is 7.96. The van der Waals surface area contributed by atoms with Crippen molar-refractivity contribution in [1.82, 2.24) is 10.2 Å². The number of hydrogen-bond donors (Lipinski definition) is 1. The van der Waals surface area contributed by atoms with Crippen molar-refractivity contribution in [3.05, 3.63) is 64.1 Å². The van der Waals surface area contributed by atoms with E-state index in [1.807, 2.05) is 37.2 Å². The van der Waals surface area contributed by atoms with Crippen molar-refractivity contribution in [3.8, 4) is 0 Å². The van der Waals surface area contributed by atoms with Crippen LogP contribution in [0.3, 0.4) is 0 Å². The van der Waals surface area contributed by atoms with E-state index in [1.54, 1.807) is 6.07 Å². The summed E-state index contributed by atoms with van der Waals surface area (Å²) in [6, 6.07) is 12.3. The Bertz CT molecular complexity index is 1100. The van der Waals surface area contributed by atoms with Gasteiger partial charge in [-0.3, -0.25) is 0 Å². The summed E-state index contributed by atoms with van der Waals surface area (Å²) in [4.78, 5) is 2.02. The molecular formula is C20H24Cl2N2O4S2. The second-order valence-corrected chi connectivity index (χ2v) is 12.8. The molecule has 0 spiro atoms. The molecule has 1 unspecified atom stereocenters. The van der Waals surface area contributed by atoms with Crippen LogP contribution in [0.15, 0.2) is 53.4 Å². The predicted molar refractivity (Wildman–Crippen MR) is 121 cm³/mol. The summed E-state index contributed by atoms with van der Waals surface area (Å²) in [6.45, 7) is 0.351. The highest BCUT2D eigenvalue weighted by Crippen LogP contribution is 2.29. The van der Waals surface area contributed by atoms with E-state index in [0.717, 1.165) is 5.56 Å². The van der Waals surface area contributed by atoms with Crippen LogP contribution in [0.2, 0.25) is 10.0 Å². The van der Waals surface area contributed by atoms with Gasteiger partial charge in [-0.05, 0) is 50.0 Å². The molecule has 164 valence electrons. The molecule has 2 aromatic carbocycles. The van der Waals surface area contributed by atoms with E-state index in [2.05, 4.69) is 5.32 Å². The van der Waals surface area contributed by atoms with E-state index < -0.39 is 36.7 Å². The standard InChI is InChI=1S/C20H24Cl2N2O4S2/c1-24(2)19(16-5-3-4-6-17(16)22)11-23-18-12-29(25,26)13-20(18)30(27,28)15-9-7-14(21)8-10-15/h3-10,18-20,23H,11-13H2,1-2H3/t18-,19?,20-/m0/s1. The number of rotatable bonds is 7. The highest BCUT2D eigenvalue weighted by atomic mass is 35.5. The lowest BCUT2D eigenvalue weighted by Gasteiger charge is -2.28. The maximum Gasteiger partial charge on any atom is 0.183 e. The number of nitrogens with one attached hydrogen (secondary N) is 1. The van der Waals surface area contributed by atoms with Crippen LogP contribution in [0.4, 0.5) is 0 Å². The molecule has 30 heavy (non-hydrogen) atoms. The zero-order valence-electron chi connectivity index (χ0n) is 16.6. The van der Waals surface area contributed by atoms with Crippen LogP contribution in [-0.2, 0) is 19.7 Å². The third kappa shape index (κ3) is 5.18. The van der Waals surface area contributed by atoms with Gasteiger partial charge in [-0.1, -0.05) is 41.4 Å². The minimum Gasteiger partial charge on any atom is -0.310 e. The van der Waals surface area contributed by atoms with Gasteiger partial charge in [-0.2, -0.15) is 0 Å². The minimum atomic E-state index is -3.86. The molecule has 0 aromatic heterocycles. The summed E-state index contributed by atoms with van der Waals surface area (Å²) >= 11 is 12.2. The average Bonchev–Trinajstić information content (AvgIpc) is 2.99. The normalized spacial score (nSPS) is 22.3. The molecule has 2 aromatic rings. The summed E-state index contributed by atoms with van der Waals surface area (Å²) in [5.74, 6) is -0.637. The summed E-state index contributed by atoms with van der Waals surface area (Å²) in [7, 11) is -3.57. The lowest BCUT2D eigenvalue weighted by Crippen LogP contribution is -2.46. The molecular weight excluding hydrogens is 467 g/mol. The summed E-state index contributed by atoms with van der Waals surface area (Å²) in [5.41, 5.74) is 0.884. The van der Waals surface area contributed by atoms with E-state index in [0.29, 0.717) is 16.6 Å². The van der Waals surface area contributed by atoms with E-state index in [-0.39, 0.29) is 16.7 Å². The van der Waals surface area contributed by atoms with Crippen molar-refractivity contribution < 1.29 is 16.8 Å². The maximum absolute atomic E-state index is 13.2. The molecule has 3 atom stereocenters. The molecule has 0 bridgehead atoms. The number of likely N-dealkylation sites (N-methyl/N-ethyl adjacent to an activating group) is 1. The smallest absolute Gasteiger partial charge is 0.183 e. The molecule has 1 aliphatic heterocycles. The predicted octanol–water partition coefficient (Wildman–Crippen LogP) is 2.83. The van der Waals surface area contributed by atoms with E-state index in [1.165, 1.54) is 24.3 Å². The molecule has 0 amide bonds. The molecule has 6 nitrogen and oxygen atoms in total.